The van der Waals surface area contributed by atoms with Crippen molar-refractivity contribution in [3.8, 4) is 5.95 Å². The summed E-state index contributed by atoms with van der Waals surface area (Å²) in [6, 6.07) is 3.62. The predicted molar refractivity (Wildman–Crippen MR) is 87.5 cm³/mol. The SMILES string of the molecule is CC(C)c1cc(NC(=O)CNCC2CC2)n(-c2ncccn2)n1. The molecule has 7 nitrogen and oxygen atoms in total. The number of hydrogen-bond acceptors (Lipinski definition) is 5. The number of amides is 1. The molecule has 0 aromatic carbocycles. The molecule has 0 atom stereocenters. The van der Waals surface area contributed by atoms with Gasteiger partial charge in [-0.3, -0.25) is 4.79 Å². The molecule has 2 aromatic rings. The fourth-order valence-corrected chi connectivity index (χ4v) is 2.22. The maximum Gasteiger partial charge on any atom is 0.252 e. The van der Waals surface area contributed by atoms with Gasteiger partial charge < -0.3 is 10.6 Å². The van der Waals surface area contributed by atoms with Gasteiger partial charge in [-0.05, 0) is 37.3 Å². The van der Waals surface area contributed by atoms with Crippen molar-refractivity contribution in [1.29, 1.82) is 0 Å². The maximum absolute atomic E-state index is 12.1. The minimum atomic E-state index is -0.0852. The molecule has 1 amide bonds. The molecule has 0 saturated heterocycles. The number of nitrogens with zero attached hydrogens (tertiary/aromatic N) is 4. The fourth-order valence-electron chi connectivity index (χ4n) is 2.22. The maximum atomic E-state index is 12.1. The number of anilines is 1. The molecular formula is C16H22N6O. The van der Waals surface area contributed by atoms with E-state index >= 15 is 0 Å². The first-order valence-corrected chi connectivity index (χ1v) is 8.01. The van der Waals surface area contributed by atoms with E-state index in [-0.39, 0.29) is 11.8 Å². The molecule has 122 valence electrons. The fraction of sp³-hybridized carbons (Fsp3) is 0.500. The Labute approximate surface area is 135 Å². The van der Waals surface area contributed by atoms with Crippen molar-refractivity contribution in [3.05, 3.63) is 30.2 Å². The molecule has 1 aliphatic rings. The van der Waals surface area contributed by atoms with Crippen molar-refractivity contribution >= 4 is 11.7 Å². The lowest BCUT2D eigenvalue weighted by molar-refractivity contribution is -0.115. The molecule has 1 aliphatic carbocycles. The van der Waals surface area contributed by atoms with Crippen molar-refractivity contribution in [2.75, 3.05) is 18.4 Å². The van der Waals surface area contributed by atoms with Gasteiger partial charge in [-0.2, -0.15) is 9.78 Å². The first-order valence-electron chi connectivity index (χ1n) is 8.01. The number of carbonyl (C=O) groups excluding carboxylic acids is 1. The van der Waals surface area contributed by atoms with Crippen molar-refractivity contribution in [3.63, 3.8) is 0 Å². The van der Waals surface area contributed by atoms with Crippen molar-refractivity contribution in [2.24, 2.45) is 5.92 Å². The third-order valence-electron chi connectivity index (χ3n) is 3.74. The third-order valence-corrected chi connectivity index (χ3v) is 3.74. The van der Waals surface area contributed by atoms with Crippen molar-refractivity contribution in [1.82, 2.24) is 25.1 Å². The van der Waals surface area contributed by atoms with Crippen LogP contribution in [0.5, 0.6) is 0 Å². The van der Waals surface area contributed by atoms with Crippen LogP contribution in [0.25, 0.3) is 5.95 Å². The second-order valence-electron chi connectivity index (χ2n) is 6.19. The summed E-state index contributed by atoms with van der Waals surface area (Å²) >= 11 is 0. The highest BCUT2D eigenvalue weighted by Gasteiger charge is 2.21. The summed E-state index contributed by atoms with van der Waals surface area (Å²) in [5.41, 5.74) is 0.888. The quantitative estimate of drug-likeness (QED) is 0.813. The lowest BCUT2D eigenvalue weighted by Crippen LogP contribution is -2.30. The molecule has 2 heterocycles. The Morgan fingerprint density at radius 3 is 2.74 bits per heavy atom. The predicted octanol–water partition coefficient (Wildman–Crippen LogP) is 1.72. The Bertz CT molecular complexity index is 662. The first kappa shape index (κ1) is 15.6. The lowest BCUT2D eigenvalue weighted by Gasteiger charge is -2.07. The first-order chi connectivity index (χ1) is 11.1. The van der Waals surface area contributed by atoms with E-state index < -0.39 is 0 Å². The highest BCUT2D eigenvalue weighted by molar-refractivity contribution is 5.91. The molecular weight excluding hydrogens is 292 g/mol. The molecule has 0 aliphatic heterocycles. The number of rotatable bonds is 7. The van der Waals surface area contributed by atoms with Gasteiger partial charge in [0.2, 0.25) is 5.91 Å². The number of carbonyl (C=O) groups is 1. The van der Waals surface area contributed by atoms with Gasteiger partial charge in [0.05, 0.1) is 12.2 Å². The zero-order valence-electron chi connectivity index (χ0n) is 13.5. The molecule has 23 heavy (non-hydrogen) atoms. The van der Waals surface area contributed by atoms with Crippen LogP contribution in [-0.2, 0) is 4.79 Å². The largest absolute Gasteiger partial charge is 0.309 e. The standard InChI is InChI=1S/C16H22N6O/c1-11(2)13-8-14(20-15(23)10-17-9-12-4-5-12)22(21-13)16-18-6-3-7-19-16/h3,6-8,11-12,17H,4-5,9-10H2,1-2H3,(H,20,23). The molecule has 2 N–H and O–H groups in total. The zero-order chi connectivity index (χ0) is 16.2. The van der Waals surface area contributed by atoms with Crippen molar-refractivity contribution < 1.29 is 4.79 Å². The number of aromatic nitrogens is 4. The Kier molecular flexibility index (Phi) is 4.66. The summed E-state index contributed by atoms with van der Waals surface area (Å²) in [5, 5.41) is 10.6. The monoisotopic (exact) mass is 314 g/mol. The smallest absolute Gasteiger partial charge is 0.252 e. The van der Waals surface area contributed by atoms with Gasteiger partial charge in [0.15, 0.2) is 0 Å². The highest BCUT2D eigenvalue weighted by atomic mass is 16.2. The van der Waals surface area contributed by atoms with Gasteiger partial charge in [0.1, 0.15) is 5.82 Å². The van der Waals surface area contributed by atoms with Gasteiger partial charge in [-0.25, -0.2) is 9.97 Å². The van der Waals surface area contributed by atoms with E-state index in [4.69, 9.17) is 0 Å². The summed E-state index contributed by atoms with van der Waals surface area (Å²) in [6.45, 7) is 5.32. The average Bonchev–Trinajstić information content (AvgIpc) is 3.26. The minimum absolute atomic E-state index is 0.0852. The van der Waals surface area contributed by atoms with Gasteiger partial charge in [-0.1, -0.05) is 13.8 Å². The summed E-state index contributed by atoms with van der Waals surface area (Å²) in [4.78, 5) is 20.5. The molecule has 7 heteroatoms. The summed E-state index contributed by atoms with van der Waals surface area (Å²) in [7, 11) is 0. The molecule has 2 aromatic heterocycles. The summed E-state index contributed by atoms with van der Waals surface area (Å²) in [5.74, 6) is 1.96. The van der Waals surface area contributed by atoms with Gasteiger partial charge in [-0.15, -0.1) is 0 Å². The molecule has 0 bridgehead atoms. The molecule has 0 radical (unpaired) electrons. The summed E-state index contributed by atoms with van der Waals surface area (Å²) < 4.78 is 1.58. The van der Waals surface area contributed by atoms with Crippen LogP contribution in [0.15, 0.2) is 24.5 Å². The van der Waals surface area contributed by atoms with Crippen LogP contribution in [0.2, 0.25) is 0 Å². The molecule has 0 spiro atoms. The Morgan fingerprint density at radius 1 is 1.35 bits per heavy atom. The van der Waals surface area contributed by atoms with Gasteiger partial charge in [0.25, 0.3) is 5.95 Å². The van der Waals surface area contributed by atoms with Crippen LogP contribution >= 0.6 is 0 Å². The Hall–Kier alpha value is -2.28. The van der Waals surface area contributed by atoms with E-state index in [0.717, 1.165) is 18.2 Å². The van der Waals surface area contributed by atoms with E-state index in [9.17, 15) is 4.79 Å². The van der Waals surface area contributed by atoms with E-state index in [1.165, 1.54) is 12.8 Å². The summed E-state index contributed by atoms with van der Waals surface area (Å²) in [6.07, 6.45) is 5.85. The van der Waals surface area contributed by atoms with Crippen LogP contribution in [-0.4, -0.2) is 38.7 Å². The zero-order valence-corrected chi connectivity index (χ0v) is 13.5. The van der Waals surface area contributed by atoms with Crippen LogP contribution in [0.3, 0.4) is 0 Å². The molecule has 3 rings (SSSR count). The van der Waals surface area contributed by atoms with Gasteiger partial charge >= 0.3 is 0 Å². The van der Waals surface area contributed by atoms with E-state index in [1.807, 2.05) is 6.07 Å². The van der Waals surface area contributed by atoms with Crippen LogP contribution in [0.4, 0.5) is 5.82 Å². The number of hydrogen-bond donors (Lipinski definition) is 2. The second-order valence-corrected chi connectivity index (χ2v) is 6.19. The van der Waals surface area contributed by atoms with E-state index in [0.29, 0.717) is 18.3 Å². The normalized spacial score (nSPS) is 14.2. The third kappa shape index (κ3) is 4.13. The topological polar surface area (TPSA) is 84.7 Å². The minimum Gasteiger partial charge on any atom is -0.309 e. The molecule has 1 saturated carbocycles. The number of nitrogens with one attached hydrogen (secondary N) is 2. The second kappa shape index (κ2) is 6.87. The van der Waals surface area contributed by atoms with Crippen LogP contribution in [0, 0.1) is 5.92 Å². The Morgan fingerprint density at radius 2 is 2.09 bits per heavy atom. The van der Waals surface area contributed by atoms with E-state index in [1.54, 1.807) is 23.1 Å². The highest BCUT2D eigenvalue weighted by Crippen LogP contribution is 2.27. The van der Waals surface area contributed by atoms with Crippen LogP contribution in [0.1, 0.15) is 38.3 Å². The molecule has 0 unspecified atom stereocenters. The Balaban J connectivity index is 1.72. The average molecular weight is 314 g/mol. The van der Waals surface area contributed by atoms with Crippen molar-refractivity contribution in [2.45, 2.75) is 32.6 Å². The van der Waals surface area contributed by atoms with E-state index in [2.05, 4.69) is 39.5 Å². The van der Waals surface area contributed by atoms with Gasteiger partial charge in [0, 0.05) is 18.5 Å². The lowest BCUT2D eigenvalue weighted by atomic mass is 10.1. The van der Waals surface area contributed by atoms with Crippen LogP contribution < -0.4 is 10.6 Å². The molecule has 1 fully saturated rings.